The Hall–Kier alpha value is -4.90. The molecule has 1 aliphatic carbocycles. The van der Waals surface area contributed by atoms with E-state index in [1.54, 1.807) is 44.8 Å². The van der Waals surface area contributed by atoms with Crippen molar-refractivity contribution in [1.29, 1.82) is 0 Å². The largest absolute Gasteiger partial charge is 0.493 e. The van der Waals surface area contributed by atoms with Gasteiger partial charge in [-0.3, -0.25) is 14.4 Å². The van der Waals surface area contributed by atoms with Crippen LogP contribution in [0.2, 0.25) is 0 Å². The lowest BCUT2D eigenvalue weighted by Crippen LogP contribution is -2.44. The average molecular weight is 685 g/mol. The number of hydrogen-bond donors (Lipinski definition) is 3. The number of ether oxygens (including phenoxy) is 3. The quantitative estimate of drug-likeness (QED) is 0.156. The SMILES string of the molecule is CC[C@@H](C)[C@H](Nc1ccc2c(cc1=O)[C@@H](NC(C)=O)CCc1cc(OC)c(OC)c(OC)c1-2)C(=O)NCc1cccc(-c2nc(C)cs2)c1. The molecule has 0 radical (unpaired) electrons. The van der Waals surface area contributed by atoms with E-state index >= 15 is 0 Å². The monoisotopic (exact) mass is 684 g/mol. The number of rotatable bonds is 12. The lowest BCUT2D eigenvalue weighted by Gasteiger charge is -2.24. The molecule has 1 aromatic heterocycles. The van der Waals surface area contributed by atoms with Gasteiger partial charge in [-0.15, -0.1) is 11.3 Å². The fourth-order valence-electron chi connectivity index (χ4n) is 6.30. The van der Waals surface area contributed by atoms with Crippen LogP contribution in [0.1, 0.15) is 62.0 Å². The molecule has 0 aliphatic heterocycles. The van der Waals surface area contributed by atoms with Crippen molar-refractivity contribution in [1.82, 2.24) is 15.6 Å². The molecule has 2 amide bonds. The molecule has 11 heteroatoms. The molecule has 3 aromatic carbocycles. The van der Waals surface area contributed by atoms with Crippen molar-refractivity contribution in [3.8, 4) is 38.9 Å². The van der Waals surface area contributed by atoms with Gasteiger partial charge in [-0.25, -0.2) is 4.98 Å². The highest BCUT2D eigenvalue weighted by Gasteiger charge is 2.30. The maximum atomic E-state index is 14.0. The highest BCUT2D eigenvalue weighted by atomic mass is 32.1. The fourth-order valence-corrected chi connectivity index (χ4v) is 7.09. The zero-order valence-corrected chi connectivity index (χ0v) is 29.9. The third-order valence-corrected chi connectivity index (χ3v) is 9.99. The highest BCUT2D eigenvalue weighted by Crippen LogP contribution is 2.50. The average Bonchev–Trinajstić information content (AvgIpc) is 3.41. The van der Waals surface area contributed by atoms with Crippen LogP contribution in [0.5, 0.6) is 17.2 Å². The molecule has 0 saturated heterocycles. The van der Waals surface area contributed by atoms with Crippen molar-refractivity contribution >= 4 is 28.8 Å². The minimum atomic E-state index is -0.679. The van der Waals surface area contributed by atoms with Gasteiger partial charge < -0.3 is 30.2 Å². The molecule has 1 heterocycles. The van der Waals surface area contributed by atoms with Gasteiger partial charge in [0.1, 0.15) is 11.0 Å². The van der Waals surface area contributed by atoms with Crippen molar-refractivity contribution in [3.63, 3.8) is 0 Å². The van der Waals surface area contributed by atoms with Gasteiger partial charge in [0.2, 0.25) is 23.0 Å². The van der Waals surface area contributed by atoms with E-state index in [0.717, 1.165) is 33.0 Å². The Labute approximate surface area is 291 Å². The molecule has 1 aliphatic rings. The fraction of sp³-hybridized carbons (Fsp3) is 0.368. The zero-order valence-electron chi connectivity index (χ0n) is 29.1. The number of aryl methyl sites for hydroxylation is 2. The van der Waals surface area contributed by atoms with E-state index in [1.807, 2.05) is 62.5 Å². The minimum Gasteiger partial charge on any atom is -0.493 e. The number of anilines is 1. The second-order valence-corrected chi connectivity index (χ2v) is 13.2. The number of benzene rings is 2. The van der Waals surface area contributed by atoms with Crippen LogP contribution in [0.15, 0.2) is 58.7 Å². The first-order chi connectivity index (χ1) is 23.6. The van der Waals surface area contributed by atoms with Gasteiger partial charge in [0.15, 0.2) is 11.5 Å². The van der Waals surface area contributed by atoms with Crippen molar-refractivity contribution in [3.05, 3.63) is 86.5 Å². The molecule has 0 fully saturated rings. The lowest BCUT2D eigenvalue weighted by molar-refractivity contribution is -0.123. The third-order valence-electron chi connectivity index (χ3n) is 8.98. The Balaban J connectivity index is 1.51. The van der Waals surface area contributed by atoms with E-state index in [1.165, 1.54) is 6.92 Å². The van der Waals surface area contributed by atoms with Crippen LogP contribution in [-0.2, 0) is 22.6 Å². The van der Waals surface area contributed by atoms with E-state index in [0.29, 0.717) is 54.2 Å². The Morgan fingerprint density at radius 2 is 1.82 bits per heavy atom. The molecule has 0 unspecified atom stereocenters. The molecular weight excluding hydrogens is 641 g/mol. The molecule has 258 valence electrons. The summed E-state index contributed by atoms with van der Waals surface area (Å²) < 4.78 is 17.2. The van der Waals surface area contributed by atoms with Gasteiger partial charge in [-0.05, 0) is 72.2 Å². The van der Waals surface area contributed by atoms with Crippen LogP contribution >= 0.6 is 11.3 Å². The minimum absolute atomic E-state index is 0.0861. The third kappa shape index (κ3) is 7.72. The first-order valence-corrected chi connectivity index (χ1v) is 17.3. The van der Waals surface area contributed by atoms with Crippen LogP contribution in [0, 0.1) is 12.8 Å². The summed E-state index contributed by atoms with van der Waals surface area (Å²) in [5.41, 5.74) is 5.96. The summed E-state index contributed by atoms with van der Waals surface area (Å²) in [4.78, 5) is 44.6. The number of fused-ring (bicyclic) bond motifs is 3. The van der Waals surface area contributed by atoms with Crippen LogP contribution < -0.4 is 35.6 Å². The van der Waals surface area contributed by atoms with E-state index in [9.17, 15) is 14.4 Å². The number of carbonyl (C=O) groups excluding carboxylic acids is 2. The molecular formula is C38H44N4O6S. The molecule has 3 atom stereocenters. The topological polar surface area (TPSA) is 128 Å². The van der Waals surface area contributed by atoms with Crippen LogP contribution in [-0.4, -0.2) is 44.2 Å². The van der Waals surface area contributed by atoms with Gasteiger partial charge in [0.25, 0.3) is 0 Å². The summed E-state index contributed by atoms with van der Waals surface area (Å²) >= 11 is 1.59. The Bertz CT molecular complexity index is 1910. The van der Waals surface area contributed by atoms with E-state index in [4.69, 9.17) is 14.2 Å². The van der Waals surface area contributed by atoms with Crippen LogP contribution in [0.25, 0.3) is 21.7 Å². The molecule has 0 bridgehead atoms. The number of nitrogens with zero attached hydrogens (tertiary/aromatic N) is 1. The van der Waals surface area contributed by atoms with Gasteiger partial charge in [0.05, 0.1) is 33.1 Å². The molecule has 3 N–H and O–H groups in total. The maximum absolute atomic E-state index is 14.0. The van der Waals surface area contributed by atoms with E-state index in [2.05, 4.69) is 20.9 Å². The van der Waals surface area contributed by atoms with Crippen molar-refractivity contribution in [2.24, 2.45) is 5.92 Å². The van der Waals surface area contributed by atoms with Crippen molar-refractivity contribution in [2.45, 2.75) is 65.6 Å². The number of carbonyl (C=O) groups is 2. The normalized spacial score (nSPS) is 14.7. The molecule has 10 nitrogen and oxygen atoms in total. The molecule has 0 saturated carbocycles. The van der Waals surface area contributed by atoms with Crippen molar-refractivity contribution in [2.75, 3.05) is 26.6 Å². The van der Waals surface area contributed by atoms with E-state index in [-0.39, 0.29) is 28.8 Å². The van der Waals surface area contributed by atoms with Gasteiger partial charge in [0, 0.05) is 35.7 Å². The number of hydrogen-bond acceptors (Lipinski definition) is 9. The second-order valence-electron chi connectivity index (χ2n) is 12.3. The summed E-state index contributed by atoms with van der Waals surface area (Å²) in [6.07, 6.45) is 1.85. The molecule has 0 spiro atoms. The standard InChI is InChI=1S/C38H44N4O6S/c1-8-21(2)34(37(45)39-19-24-10-9-11-26(16-24)38-40-22(3)20-49-38)42-30-15-13-27-28(18-31(30)44)29(41-23(4)43)14-12-25-17-32(46-5)35(47-6)36(48-7)33(25)27/h9-11,13,15-18,20-21,29,34H,8,12,14,19H2,1-7H3,(H,39,45)(H,41,43)(H,42,44)/t21-,29+,34+/m1/s1. The number of amides is 2. The first-order valence-electron chi connectivity index (χ1n) is 16.4. The summed E-state index contributed by atoms with van der Waals surface area (Å²) in [6.45, 7) is 7.75. The summed E-state index contributed by atoms with van der Waals surface area (Å²) in [5.74, 6) is 0.926. The number of aromatic nitrogens is 1. The van der Waals surface area contributed by atoms with Crippen LogP contribution in [0.4, 0.5) is 5.69 Å². The van der Waals surface area contributed by atoms with Crippen molar-refractivity contribution < 1.29 is 23.8 Å². The van der Waals surface area contributed by atoms with Gasteiger partial charge in [-0.1, -0.05) is 44.5 Å². The predicted octanol–water partition coefficient (Wildman–Crippen LogP) is 6.44. The zero-order chi connectivity index (χ0) is 35.2. The molecule has 49 heavy (non-hydrogen) atoms. The second kappa shape index (κ2) is 15.5. The lowest BCUT2D eigenvalue weighted by atomic mass is 9.95. The first kappa shape index (κ1) is 35.4. The van der Waals surface area contributed by atoms with Gasteiger partial charge in [-0.2, -0.15) is 0 Å². The Kier molecular flexibility index (Phi) is 11.2. The highest BCUT2D eigenvalue weighted by molar-refractivity contribution is 7.13. The maximum Gasteiger partial charge on any atom is 0.243 e. The molecule has 4 aromatic rings. The number of thiazole rings is 1. The van der Waals surface area contributed by atoms with Crippen LogP contribution in [0.3, 0.4) is 0 Å². The summed E-state index contributed by atoms with van der Waals surface area (Å²) in [6, 6.07) is 13.9. The Morgan fingerprint density at radius 3 is 2.47 bits per heavy atom. The summed E-state index contributed by atoms with van der Waals surface area (Å²) in [5, 5.41) is 12.3. The predicted molar refractivity (Wildman–Crippen MR) is 194 cm³/mol. The number of methoxy groups -OCH3 is 3. The molecule has 5 rings (SSSR count). The van der Waals surface area contributed by atoms with E-state index < -0.39 is 12.1 Å². The smallest absolute Gasteiger partial charge is 0.243 e. The van der Waals surface area contributed by atoms with Gasteiger partial charge >= 0.3 is 0 Å². The Morgan fingerprint density at radius 1 is 1.04 bits per heavy atom. The summed E-state index contributed by atoms with van der Waals surface area (Å²) in [7, 11) is 4.68. The number of nitrogens with one attached hydrogen (secondary N) is 3.